The topological polar surface area (TPSA) is 43.9 Å². The van der Waals surface area contributed by atoms with E-state index in [1.165, 1.54) is 16.7 Å². The van der Waals surface area contributed by atoms with Gasteiger partial charge in [-0.05, 0) is 70.8 Å². The van der Waals surface area contributed by atoms with Crippen molar-refractivity contribution < 1.29 is 4.42 Å². The van der Waals surface area contributed by atoms with Crippen molar-refractivity contribution in [3.8, 4) is 27.9 Å². The van der Waals surface area contributed by atoms with Crippen molar-refractivity contribution in [2.45, 2.75) is 0 Å². The van der Waals surface area contributed by atoms with E-state index in [4.69, 9.17) is 4.42 Å². The number of aromatic nitrogens is 3. The zero-order valence-corrected chi connectivity index (χ0v) is 20.4. The van der Waals surface area contributed by atoms with Gasteiger partial charge < -0.3 is 8.98 Å². The lowest BCUT2D eigenvalue weighted by Crippen LogP contribution is -1.94. The monoisotopic (exact) mass is 487 g/mol. The Balaban J connectivity index is 1.25. The Morgan fingerprint density at radius 3 is 2.13 bits per heavy atom. The number of para-hydroxylation sites is 1. The van der Waals surface area contributed by atoms with Gasteiger partial charge in [-0.25, -0.2) is 0 Å². The molecule has 0 aliphatic carbocycles. The van der Waals surface area contributed by atoms with Gasteiger partial charge in [0.15, 0.2) is 0 Å². The van der Waals surface area contributed by atoms with Gasteiger partial charge in [0, 0.05) is 45.8 Å². The molecule has 0 amide bonds. The number of benzene rings is 4. The van der Waals surface area contributed by atoms with E-state index in [1.54, 1.807) is 0 Å². The van der Waals surface area contributed by atoms with Crippen LogP contribution in [0.4, 0.5) is 0 Å². The number of fused-ring (bicyclic) bond motifs is 6. The molecule has 178 valence electrons. The lowest BCUT2D eigenvalue weighted by atomic mass is 9.97. The molecule has 0 unspecified atom stereocenters. The minimum atomic E-state index is 0.912. The first-order chi connectivity index (χ1) is 18.8. The molecule has 0 bridgehead atoms. The van der Waals surface area contributed by atoms with Crippen LogP contribution in [0, 0.1) is 0 Å². The molecule has 4 heterocycles. The molecular formula is C34H21N3O. The molecule has 4 aromatic carbocycles. The van der Waals surface area contributed by atoms with Crippen molar-refractivity contribution in [1.82, 2.24) is 14.5 Å². The van der Waals surface area contributed by atoms with Crippen LogP contribution >= 0.6 is 0 Å². The van der Waals surface area contributed by atoms with E-state index >= 15 is 0 Å². The lowest BCUT2D eigenvalue weighted by molar-refractivity contribution is 0.669. The van der Waals surface area contributed by atoms with Gasteiger partial charge in [0.1, 0.15) is 11.2 Å². The van der Waals surface area contributed by atoms with Gasteiger partial charge in [0.2, 0.25) is 0 Å². The number of nitrogens with zero attached hydrogens (tertiary/aromatic N) is 3. The lowest BCUT2D eigenvalue weighted by Gasteiger charge is -2.11. The Morgan fingerprint density at radius 1 is 0.474 bits per heavy atom. The molecule has 0 aliphatic rings. The predicted octanol–water partition coefficient (Wildman–Crippen LogP) is 8.81. The number of pyridine rings is 2. The Kier molecular flexibility index (Phi) is 4.49. The highest BCUT2D eigenvalue weighted by atomic mass is 16.3. The van der Waals surface area contributed by atoms with Gasteiger partial charge in [-0.2, -0.15) is 0 Å². The van der Waals surface area contributed by atoms with Crippen molar-refractivity contribution in [3.05, 3.63) is 128 Å². The standard InChI is InChI=1S/C34H21N3O/c1-2-10-33-28(9-1)29-19-25(11-12-34(29)38-33)23-6-3-5-22(17-23)24-7-4-8-26(18-24)37-31-14-16-35-20-30(31)27-13-15-36-21-32(27)37/h1-21H. The Hall–Kier alpha value is -5.22. The average Bonchev–Trinajstić information content (AvgIpc) is 3.53. The third kappa shape index (κ3) is 3.17. The second kappa shape index (κ2) is 8.15. The summed E-state index contributed by atoms with van der Waals surface area (Å²) in [7, 11) is 0. The summed E-state index contributed by atoms with van der Waals surface area (Å²) < 4.78 is 8.30. The van der Waals surface area contributed by atoms with Crippen molar-refractivity contribution in [2.24, 2.45) is 0 Å². The second-order valence-electron chi connectivity index (χ2n) is 9.56. The second-order valence-corrected chi connectivity index (χ2v) is 9.56. The smallest absolute Gasteiger partial charge is 0.135 e. The fourth-order valence-corrected chi connectivity index (χ4v) is 5.60. The minimum absolute atomic E-state index is 0.912. The van der Waals surface area contributed by atoms with Gasteiger partial charge >= 0.3 is 0 Å². The van der Waals surface area contributed by atoms with E-state index in [1.807, 2.05) is 36.9 Å². The summed E-state index contributed by atoms with van der Waals surface area (Å²) in [6.45, 7) is 0. The third-order valence-corrected chi connectivity index (χ3v) is 7.38. The highest BCUT2D eigenvalue weighted by Crippen LogP contribution is 2.35. The van der Waals surface area contributed by atoms with Gasteiger partial charge in [0.25, 0.3) is 0 Å². The zero-order valence-electron chi connectivity index (χ0n) is 20.4. The summed E-state index contributed by atoms with van der Waals surface area (Å²) >= 11 is 0. The summed E-state index contributed by atoms with van der Waals surface area (Å²) in [5.41, 5.74) is 9.79. The first-order valence-electron chi connectivity index (χ1n) is 12.6. The fourth-order valence-electron chi connectivity index (χ4n) is 5.60. The van der Waals surface area contributed by atoms with Crippen LogP contribution in [-0.2, 0) is 0 Å². The molecule has 0 saturated carbocycles. The average molecular weight is 488 g/mol. The molecule has 0 atom stereocenters. The van der Waals surface area contributed by atoms with Crippen molar-refractivity contribution in [2.75, 3.05) is 0 Å². The molecule has 0 fully saturated rings. The molecule has 0 N–H and O–H groups in total. The van der Waals surface area contributed by atoms with E-state index in [0.29, 0.717) is 0 Å². The van der Waals surface area contributed by atoms with Crippen LogP contribution in [0.5, 0.6) is 0 Å². The van der Waals surface area contributed by atoms with Crippen molar-refractivity contribution in [3.63, 3.8) is 0 Å². The van der Waals surface area contributed by atoms with E-state index in [2.05, 4.69) is 106 Å². The quantitative estimate of drug-likeness (QED) is 0.250. The fraction of sp³-hybridized carbons (Fsp3) is 0. The maximum absolute atomic E-state index is 6.04. The number of rotatable bonds is 3. The summed E-state index contributed by atoms with van der Waals surface area (Å²) in [5.74, 6) is 0. The molecule has 4 heteroatoms. The highest BCUT2D eigenvalue weighted by molar-refractivity contribution is 6.09. The molecule has 0 saturated heterocycles. The summed E-state index contributed by atoms with van der Waals surface area (Å²) in [4.78, 5) is 8.77. The van der Waals surface area contributed by atoms with E-state index in [9.17, 15) is 0 Å². The summed E-state index contributed by atoms with van der Waals surface area (Å²) in [5, 5.41) is 4.56. The third-order valence-electron chi connectivity index (χ3n) is 7.38. The van der Waals surface area contributed by atoms with E-state index < -0.39 is 0 Å². The minimum Gasteiger partial charge on any atom is -0.456 e. The van der Waals surface area contributed by atoms with Gasteiger partial charge in [-0.1, -0.05) is 54.6 Å². The molecule has 0 aliphatic heterocycles. The number of hydrogen-bond donors (Lipinski definition) is 0. The van der Waals surface area contributed by atoms with Crippen molar-refractivity contribution in [1.29, 1.82) is 0 Å². The van der Waals surface area contributed by atoms with Crippen LogP contribution in [0.3, 0.4) is 0 Å². The van der Waals surface area contributed by atoms with Crippen LogP contribution in [0.2, 0.25) is 0 Å². The first-order valence-corrected chi connectivity index (χ1v) is 12.6. The Morgan fingerprint density at radius 2 is 1.21 bits per heavy atom. The predicted molar refractivity (Wildman–Crippen MR) is 155 cm³/mol. The molecule has 4 nitrogen and oxygen atoms in total. The van der Waals surface area contributed by atoms with E-state index in [-0.39, 0.29) is 0 Å². The van der Waals surface area contributed by atoms with Crippen LogP contribution in [-0.4, -0.2) is 14.5 Å². The highest BCUT2D eigenvalue weighted by Gasteiger charge is 2.13. The van der Waals surface area contributed by atoms with Crippen molar-refractivity contribution >= 4 is 43.7 Å². The van der Waals surface area contributed by atoms with Crippen LogP contribution in [0.25, 0.3) is 71.7 Å². The van der Waals surface area contributed by atoms with Gasteiger partial charge in [0.05, 0.1) is 17.2 Å². The maximum Gasteiger partial charge on any atom is 0.135 e. The Labute approximate surface area is 218 Å². The maximum atomic E-state index is 6.04. The number of furan rings is 1. The van der Waals surface area contributed by atoms with Gasteiger partial charge in [-0.3, -0.25) is 9.97 Å². The SMILES string of the molecule is c1cc(-c2cccc(-n3c4ccncc4c4ccncc43)c2)cc(-c2ccc3oc4ccccc4c3c2)c1. The summed E-state index contributed by atoms with van der Waals surface area (Å²) in [6, 6.07) is 36.2. The van der Waals surface area contributed by atoms with Crippen LogP contribution in [0.15, 0.2) is 132 Å². The van der Waals surface area contributed by atoms with E-state index in [0.717, 1.165) is 55.0 Å². The largest absolute Gasteiger partial charge is 0.456 e. The molecule has 0 spiro atoms. The zero-order chi connectivity index (χ0) is 25.1. The molecule has 0 radical (unpaired) electrons. The van der Waals surface area contributed by atoms with Crippen LogP contribution in [0.1, 0.15) is 0 Å². The molecule has 8 aromatic rings. The molecular weight excluding hydrogens is 466 g/mol. The Bertz CT molecular complexity index is 2100. The molecule has 8 rings (SSSR count). The molecule has 38 heavy (non-hydrogen) atoms. The van der Waals surface area contributed by atoms with Crippen LogP contribution < -0.4 is 0 Å². The normalized spacial score (nSPS) is 11.7. The first kappa shape index (κ1) is 20.9. The molecule has 4 aromatic heterocycles. The number of hydrogen-bond acceptors (Lipinski definition) is 3. The van der Waals surface area contributed by atoms with Gasteiger partial charge in [-0.15, -0.1) is 0 Å². The summed E-state index contributed by atoms with van der Waals surface area (Å²) in [6.07, 6.45) is 7.54.